The first-order chi connectivity index (χ1) is 19.9. The number of ether oxygens (including phenoxy) is 1. The average Bonchev–Trinajstić information content (AvgIpc) is 3.04. The van der Waals surface area contributed by atoms with Crippen LogP contribution < -0.4 is 4.74 Å². The van der Waals surface area contributed by atoms with Gasteiger partial charge in [-0.05, 0) is 86.8 Å². The Kier molecular flexibility index (Phi) is 10.0. The molecule has 0 spiro atoms. The number of nitrogens with zero attached hydrogens (tertiary/aromatic N) is 2. The lowest BCUT2D eigenvalue weighted by Crippen LogP contribution is -2.34. The monoisotopic (exact) mass is 598 g/mol. The van der Waals surface area contributed by atoms with Crippen molar-refractivity contribution in [2.24, 2.45) is 0 Å². The lowest BCUT2D eigenvalue weighted by atomic mass is 9.82. The maximum absolute atomic E-state index is 15.2. The van der Waals surface area contributed by atoms with Gasteiger partial charge in [0.1, 0.15) is 22.6 Å². The van der Waals surface area contributed by atoms with Crippen LogP contribution in [0.4, 0.5) is 4.39 Å². The first-order valence-electron chi connectivity index (χ1n) is 14.4. The standard InChI is InChI=1S/C33H43FN2O5S/c1-7-25-20-36(42(39,40)31-12-10-9-11-30(31)41-25)19-24-17-23(14-13-21(24)3)27(18-32(37)38)26-15-16-28(34)33(22(26)4)29(8-2)35(5)6/h9-17,25,27,29,39-40H,7-8,18-20H2,1-6H3,(H,37,38). The highest BCUT2D eigenvalue weighted by Gasteiger charge is 2.35. The Bertz CT molecular complexity index is 1430. The van der Waals surface area contributed by atoms with E-state index in [4.69, 9.17) is 4.74 Å². The molecule has 4 rings (SSSR count). The minimum atomic E-state index is -3.35. The van der Waals surface area contributed by atoms with Crippen molar-refractivity contribution in [3.8, 4) is 5.75 Å². The molecule has 0 amide bonds. The van der Waals surface area contributed by atoms with E-state index in [-0.39, 0.29) is 30.9 Å². The van der Waals surface area contributed by atoms with E-state index >= 15 is 4.39 Å². The van der Waals surface area contributed by atoms with Crippen molar-refractivity contribution in [3.63, 3.8) is 0 Å². The highest BCUT2D eigenvalue weighted by molar-refractivity contribution is 8.22. The Morgan fingerprint density at radius 1 is 1.12 bits per heavy atom. The van der Waals surface area contributed by atoms with E-state index in [1.807, 2.05) is 71.0 Å². The molecule has 1 heterocycles. The molecule has 3 aromatic rings. The molecule has 3 unspecified atom stereocenters. The summed E-state index contributed by atoms with van der Waals surface area (Å²) in [7, 11) is 0.483. The minimum Gasteiger partial charge on any atom is -0.487 e. The molecule has 3 atom stereocenters. The predicted octanol–water partition coefficient (Wildman–Crippen LogP) is 7.76. The number of carboxylic acids is 1. The van der Waals surface area contributed by atoms with Gasteiger partial charge in [0, 0.05) is 24.1 Å². The van der Waals surface area contributed by atoms with E-state index in [0.717, 1.165) is 27.8 Å². The summed E-state index contributed by atoms with van der Waals surface area (Å²) < 4.78 is 46.0. The van der Waals surface area contributed by atoms with Gasteiger partial charge in [-0.2, -0.15) is 4.31 Å². The number of fused-ring (bicyclic) bond motifs is 1. The molecule has 228 valence electrons. The van der Waals surface area contributed by atoms with Gasteiger partial charge in [0.05, 0.1) is 13.0 Å². The Balaban J connectivity index is 1.78. The molecule has 1 aliphatic rings. The maximum Gasteiger partial charge on any atom is 0.304 e. The van der Waals surface area contributed by atoms with Gasteiger partial charge in [-0.15, -0.1) is 10.8 Å². The van der Waals surface area contributed by atoms with Crippen LogP contribution in [0.15, 0.2) is 59.5 Å². The van der Waals surface area contributed by atoms with Gasteiger partial charge >= 0.3 is 5.97 Å². The van der Waals surface area contributed by atoms with Crippen LogP contribution in [-0.4, -0.2) is 56.1 Å². The fourth-order valence-electron chi connectivity index (χ4n) is 6.00. The van der Waals surface area contributed by atoms with E-state index in [9.17, 15) is 19.0 Å². The molecular weight excluding hydrogens is 555 g/mol. The molecule has 0 bridgehead atoms. The zero-order chi connectivity index (χ0) is 30.8. The molecular formula is C33H43FN2O5S. The molecule has 0 saturated carbocycles. The molecule has 0 saturated heterocycles. The Labute approximate surface area is 250 Å². The highest BCUT2D eigenvalue weighted by Crippen LogP contribution is 2.57. The average molecular weight is 599 g/mol. The number of carbonyl (C=O) groups is 1. The van der Waals surface area contributed by atoms with Crippen LogP contribution in [0, 0.1) is 19.7 Å². The lowest BCUT2D eigenvalue weighted by Gasteiger charge is -2.42. The van der Waals surface area contributed by atoms with E-state index in [0.29, 0.717) is 35.6 Å². The quantitative estimate of drug-likeness (QED) is 0.220. The number of halogens is 1. The van der Waals surface area contributed by atoms with Gasteiger partial charge in [0.25, 0.3) is 0 Å². The van der Waals surface area contributed by atoms with Gasteiger partial charge < -0.3 is 14.7 Å². The van der Waals surface area contributed by atoms with Crippen LogP contribution in [0.3, 0.4) is 0 Å². The number of aryl methyl sites for hydroxylation is 1. The van der Waals surface area contributed by atoms with E-state index in [1.54, 1.807) is 28.6 Å². The van der Waals surface area contributed by atoms with E-state index in [2.05, 4.69) is 0 Å². The van der Waals surface area contributed by atoms with Crippen molar-refractivity contribution in [1.29, 1.82) is 0 Å². The molecule has 9 heteroatoms. The van der Waals surface area contributed by atoms with Gasteiger partial charge in [0.2, 0.25) is 0 Å². The third kappa shape index (κ3) is 6.50. The SMILES string of the molecule is CCC1CN(Cc2cc(C(CC(=O)O)c3ccc(F)c(C(CC)N(C)C)c3C)ccc2C)S(O)(O)c2ccccc2O1. The maximum atomic E-state index is 15.2. The van der Waals surface area contributed by atoms with Gasteiger partial charge in [-0.25, -0.2) is 4.39 Å². The number of para-hydroxylation sites is 1. The molecule has 0 fully saturated rings. The second-order valence-electron chi connectivity index (χ2n) is 11.3. The summed E-state index contributed by atoms with van der Waals surface area (Å²) in [6, 6.07) is 15.9. The third-order valence-electron chi connectivity index (χ3n) is 8.38. The molecule has 0 radical (unpaired) electrons. The number of carboxylic acid groups (broad SMARTS) is 1. The minimum absolute atomic E-state index is 0.145. The van der Waals surface area contributed by atoms with Crippen LogP contribution >= 0.6 is 10.8 Å². The van der Waals surface area contributed by atoms with Crippen LogP contribution in [0.25, 0.3) is 0 Å². The molecule has 0 aromatic heterocycles. The summed E-state index contributed by atoms with van der Waals surface area (Å²) >= 11 is 0. The zero-order valence-corrected chi connectivity index (χ0v) is 26.1. The summed E-state index contributed by atoms with van der Waals surface area (Å²) in [6.07, 6.45) is 1.01. The smallest absolute Gasteiger partial charge is 0.304 e. The highest BCUT2D eigenvalue weighted by atomic mass is 32.3. The number of hydrogen-bond donors (Lipinski definition) is 3. The molecule has 3 N–H and O–H groups in total. The predicted molar refractivity (Wildman–Crippen MR) is 166 cm³/mol. The van der Waals surface area contributed by atoms with Crippen LogP contribution in [-0.2, 0) is 11.3 Å². The van der Waals surface area contributed by atoms with Gasteiger partial charge in [-0.3, -0.25) is 13.9 Å². The summed E-state index contributed by atoms with van der Waals surface area (Å²) in [5.74, 6) is -1.29. The fourth-order valence-corrected chi connectivity index (χ4v) is 7.62. The second-order valence-corrected chi connectivity index (χ2v) is 13.3. The molecule has 7 nitrogen and oxygen atoms in total. The Morgan fingerprint density at radius 3 is 2.48 bits per heavy atom. The van der Waals surface area contributed by atoms with Crippen LogP contribution in [0.5, 0.6) is 5.75 Å². The summed E-state index contributed by atoms with van der Waals surface area (Å²) in [4.78, 5) is 14.5. The third-order valence-corrected chi connectivity index (χ3v) is 10.3. The van der Waals surface area contributed by atoms with Gasteiger partial charge in [0.15, 0.2) is 0 Å². The fraction of sp³-hybridized carbons (Fsp3) is 0.424. The first kappa shape index (κ1) is 32.0. The molecule has 42 heavy (non-hydrogen) atoms. The van der Waals surface area contributed by atoms with Crippen molar-refractivity contribution in [2.45, 2.75) is 76.5 Å². The Hall–Kier alpha value is -2.95. The lowest BCUT2D eigenvalue weighted by molar-refractivity contribution is -0.137. The largest absolute Gasteiger partial charge is 0.487 e. The first-order valence-corrected chi connectivity index (χ1v) is 15.9. The number of aliphatic carboxylic acids is 1. The molecule has 3 aromatic carbocycles. The number of rotatable bonds is 10. The number of benzene rings is 3. The van der Waals surface area contributed by atoms with E-state index in [1.165, 1.54) is 6.07 Å². The normalized spacial score (nSPS) is 19.0. The topological polar surface area (TPSA) is 93.5 Å². The summed E-state index contributed by atoms with van der Waals surface area (Å²) in [5, 5.41) is 9.93. The number of hydrogen-bond acceptors (Lipinski definition) is 6. The van der Waals surface area contributed by atoms with Crippen molar-refractivity contribution in [1.82, 2.24) is 9.21 Å². The van der Waals surface area contributed by atoms with Crippen molar-refractivity contribution in [2.75, 3.05) is 20.6 Å². The van der Waals surface area contributed by atoms with Crippen LogP contribution in [0.2, 0.25) is 0 Å². The summed E-state index contributed by atoms with van der Waals surface area (Å²) in [5.41, 5.74) is 4.71. The van der Waals surface area contributed by atoms with Gasteiger partial charge in [-0.1, -0.05) is 50.2 Å². The van der Waals surface area contributed by atoms with Crippen molar-refractivity contribution >= 4 is 16.7 Å². The van der Waals surface area contributed by atoms with Crippen molar-refractivity contribution in [3.05, 3.63) is 93.8 Å². The summed E-state index contributed by atoms with van der Waals surface area (Å²) in [6.45, 7) is 8.40. The molecule has 0 aliphatic carbocycles. The second kappa shape index (κ2) is 13.1. The van der Waals surface area contributed by atoms with Crippen LogP contribution in [0.1, 0.15) is 78.5 Å². The van der Waals surface area contributed by atoms with E-state index < -0.39 is 22.7 Å². The van der Waals surface area contributed by atoms with Crippen molar-refractivity contribution < 1.29 is 28.1 Å². The Morgan fingerprint density at radius 2 is 1.83 bits per heavy atom. The molecule has 1 aliphatic heterocycles. The zero-order valence-electron chi connectivity index (χ0n) is 25.3.